The largest absolute Gasteiger partial charge is 0.459 e. The summed E-state index contributed by atoms with van der Waals surface area (Å²) < 4.78 is 37.6. The molecule has 139 heavy (non-hydrogen) atoms. The molecule has 0 aromatic heterocycles. The molecule has 24 bridgehead atoms. The van der Waals surface area contributed by atoms with Gasteiger partial charge in [-0.05, 0) is 531 Å². The van der Waals surface area contributed by atoms with E-state index >= 15 is 0 Å². The van der Waals surface area contributed by atoms with Crippen LogP contribution < -0.4 is 0 Å². The lowest BCUT2D eigenvalue weighted by atomic mass is 9.45. The smallest absolute Gasteiger partial charge is 0.312 e. The van der Waals surface area contributed by atoms with E-state index in [9.17, 15) is 28.8 Å². The van der Waals surface area contributed by atoms with Crippen molar-refractivity contribution in [2.75, 3.05) is 0 Å². The first-order valence-corrected chi connectivity index (χ1v) is 54.7. The molecule has 24 rings (SSSR count). The lowest BCUT2D eigenvalue weighted by molar-refractivity contribution is -0.220. The van der Waals surface area contributed by atoms with Gasteiger partial charge < -0.3 is 28.4 Å². The van der Waals surface area contributed by atoms with Gasteiger partial charge in [0.25, 0.3) is 0 Å². The third-order valence-electron chi connectivity index (χ3n) is 42.6. The second kappa shape index (κ2) is 50.0. The Hall–Kier alpha value is -3.18. The summed E-state index contributed by atoms with van der Waals surface area (Å²) in [6.07, 6.45) is 57.5. The van der Waals surface area contributed by atoms with Crippen LogP contribution >= 0.6 is 0 Å². The molecule has 822 valence electrons. The minimum absolute atomic E-state index is 0. The number of ether oxygens (including phenoxy) is 6. The zero-order valence-electron chi connectivity index (χ0n) is 87.1. The molecule has 0 aromatic carbocycles. The van der Waals surface area contributed by atoms with Crippen LogP contribution in [0.15, 0.2) is 0 Å². The Morgan fingerprint density at radius 1 is 0.237 bits per heavy atom. The molecule has 0 saturated heterocycles. The average molecular weight is 1960 g/mol. The normalized spacial score (nSPS) is 36.7. The minimum atomic E-state index is -0.365. The van der Waals surface area contributed by atoms with Gasteiger partial charge in [0, 0.05) is 16.2 Å². The van der Waals surface area contributed by atoms with Crippen molar-refractivity contribution in [1.82, 2.24) is 0 Å². The molecule has 12 nitrogen and oxygen atoms in total. The molecule has 0 heterocycles. The third-order valence-corrected chi connectivity index (χ3v) is 42.6. The van der Waals surface area contributed by atoms with Gasteiger partial charge in [-0.15, -0.1) is 0 Å². The lowest BCUT2D eigenvalue weighted by Crippen LogP contribution is -2.60. The van der Waals surface area contributed by atoms with Gasteiger partial charge in [0.1, 0.15) is 33.6 Å². The van der Waals surface area contributed by atoms with E-state index in [1.165, 1.54) is 231 Å². The van der Waals surface area contributed by atoms with Crippen LogP contribution in [-0.4, -0.2) is 69.4 Å². The summed E-state index contributed by atoms with van der Waals surface area (Å²) in [5, 5.41) is 0. The summed E-state index contributed by atoms with van der Waals surface area (Å²) in [4.78, 5) is 76.0. The van der Waals surface area contributed by atoms with E-state index < -0.39 is 0 Å². The molecule has 12 heteroatoms. The van der Waals surface area contributed by atoms with E-state index in [0.29, 0.717) is 35.5 Å². The quantitative estimate of drug-likeness (QED) is 0.0540. The van der Waals surface area contributed by atoms with Gasteiger partial charge in [0.2, 0.25) is 0 Å². The predicted octanol–water partition coefficient (Wildman–Crippen LogP) is 37.8. The second-order valence-electron chi connectivity index (χ2n) is 54.2. The summed E-state index contributed by atoms with van der Waals surface area (Å²) in [7, 11) is 0. The molecule has 24 aliphatic carbocycles. The van der Waals surface area contributed by atoms with Crippen LogP contribution in [0.5, 0.6) is 0 Å². The van der Waals surface area contributed by atoms with Crippen LogP contribution in [0.4, 0.5) is 0 Å². The SMILES string of the molecule is C.C.C.C.C.C.C.C.C.C.C.C.CCC(C)(C)C(=O)OC(C)(C)C12CC3CC(CC(C3)C1)C2.CCC(C)(C)C(=O)OC(C)(C)C12CC3CC(CC(C3)C1)C2.CCC(C)(C)C(=O)OC1(C)C2CC3CC(C2)CC1C3.CCC(C)(C)C(=O)OC1(CC)C2CC3CC(C2)CC1C3.CCCCC(C)(OC(=O)C(C)(C)CC)C12CC3CC(CC(C3)C1)C2.CCCCC1(OC(=O)C(C)(C)CC)C2CC3CC(C2)CC1C3. The summed E-state index contributed by atoms with van der Waals surface area (Å²) >= 11 is 0. The first-order chi connectivity index (χ1) is 59.2. The van der Waals surface area contributed by atoms with Crippen molar-refractivity contribution in [2.24, 2.45) is 173 Å². The molecule has 0 amide bonds. The number of unbranched alkanes of at least 4 members (excludes halogenated alkanes) is 2. The monoisotopic (exact) mass is 1960 g/mol. The standard InChI is InChI=1S/C22H38O2.C20H34O2.2C19H32O2.C18H30O2.C17H28O2.12CH4/c1-6-8-9-21(5,24-19(23)20(3,4)7-2)22-13-16-10-17(14-22)12-18(11-16)15-22;1-5-7-8-20(22-18(21)19(3,4)6-2)16-10-14-9-15(12-16)13-17(20)11-14;2*1-6-17(2,3)16(20)21-18(4,5)19-10-13-7-14(11-19)9-15(8-13)12-19;1-5-17(3,4)16(19)20-18(6-2)14-8-12-7-13(10-14)11-15(18)9-12;1-5-16(2,3)15(18)19-17(4)13-7-11-6-12(9-13)10-14(17)8-11;;;;;;;;;;;;/h16-18H,6-15H2,1-5H3;14-17H,5-13H2,1-4H3;2*13-15H,6-12H2,1-5H3;12-15H,5-11H2,1-4H3;11-14H,5-10H2,1-4H3;12*1H4. The number of rotatable bonds is 28. The molecular formula is C127H242O12. The highest BCUT2D eigenvalue weighted by atomic mass is 16.6. The van der Waals surface area contributed by atoms with E-state index in [-0.39, 0.29) is 207 Å². The Labute approximate surface area is 865 Å². The molecule has 24 aliphatic rings. The van der Waals surface area contributed by atoms with Crippen molar-refractivity contribution in [3.05, 3.63) is 0 Å². The number of carbonyl (C=O) groups is 6. The molecule has 24 saturated carbocycles. The molecule has 0 spiro atoms. The number of carbonyl (C=O) groups excluding carboxylic acids is 6. The van der Waals surface area contributed by atoms with Crippen LogP contribution in [0.2, 0.25) is 0 Å². The van der Waals surface area contributed by atoms with Crippen molar-refractivity contribution in [3.63, 3.8) is 0 Å². The molecule has 0 radical (unpaired) electrons. The van der Waals surface area contributed by atoms with E-state index in [2.05, 4.69) is 104 Å². The van der Waals surface area contributed by atoms with Crippen LogP contribution in [0, 0.1) is 173 Å². The molecule has 0 aliphatic heterocycles. The maximum Gasteiger partial charge on any atom is 0.312 e. The first kappa shape index (κ1) is 134. The number of hydrogen-bond donors (Lipinski definition) is 0. The van der Waals surface area contributed by atoms with E-state index in [0.717, 1.165) is 153 Å². The summed E-state index contributed by atoms with van der Waals surface area (Å²) in [6, 6.07) is 0. The predicted molar refractivity (Wildman–Crippen MR) is 594 cm³/mol. The first-order valence-electron chi connectivity index (χ1n) is 54.7. The summed E-state index contributed by atoms with van der Waals surface area (Å²) in [5.41, 5.74) is -2.64. The molecule has 0 N–H and O–H groups in total. The molecule has 1 atom stereocenters. The lowest BCUT2D eigenvalue weighted by Gasteiger charge is -2.62. The summed E-state index contributed by atoms with van der Waals surface area (Å²) in [6.45, 7) is 56.7. The maximum atomic E-state index is 12.9. The maximum absolute atomic E-state index is 12.9. The Kier molecular flexibility index (Phi) is 48.1. The fourth-order valence-corrected chi connectivity index (χ4v) is 32.7. The minimum Gasteiger partial charge on any atom is -0.459 e. The van der Waals surface area contributed by atoms with Crippen molar-refractivity contribution in [3.8, 4) is 0 Å². The van der Waals surface area contributed by atoms with Gasteiger partial charge in [-0.25, -0.2) is 0 Å². The highest BCUT2D eigenvalue weighted by Gasteiger charge is 2.67. The molecule has 1 unspecified atom stereocenters. The van der Waals surface area contributed by atoms with Crippen LogP contribution in [-0.2, 0) is 57.2 Å². The van der Waals surface area contributed by atoms with E-state index in [1.54, 1.807) is 0 Å². The van der Waals surface area contributed by atoms with Gasteiger partial charge in [-0.1, -0.05) is 164 Å². The van der Waals surface area contributed by atoms with Gasteiger partial charge in [-0.3, -0.25) is 28.8 Å². The number of esters is 6. The van der Waals surface area contributed by atoms with Gasteiger partial charge >= 0.3 is 35.8 Å². The third kappa shape index (κ3) is 26.8. The van der Waals surface area contributed by atoms with Crippen LogP contribution in [0.1, 0.15) is 571 Å². The zero-order chi connectivity index (χ0) is 92.9. The van der Waals surface area contributed by atoms with E-state index in [1.807, 2.05) is 83.1 Å². The van der Waals surface area contributed by atoms with Gasteiger partial charge in [0.05, 0.1) is 32.5 Å². The fourth-order valence-electron chi connectivity index (χ4n) is 32.7. The highest BCUT2D eigenvalue weighted by Crippen LogP contribution is 2.70. The Morgan fingerprint density at radius 2 is 0.439 bits per heavy atom. The molecule has 24 fully saturated rings. The topological polar surface area (TPSA) is 158 Å². The van der Waals surface area contributed by atoms with Crippen molar-refractivity contribution in [1.29, 1.82) is 0 Å². The van der Waals surface area contributed by atoms with Gasteiger partial charge in [0.15, 0.2) is 0 Å². The molecular weight excluding hydrogens is 1720 g/mol. The molecule has 0 aromatic rings. The average Bonchev–Trinajstić information content (AvgIpc) is 0.742. The highest BCUT2D eigenvalue weighted by molar-refractivity contribution is 5.79. The van der Waals surface area contributed by atoms with E-state index in [4.69, 9.17) is 28.4 Å². The zero-order valence-corrected chi connectivity index (χ0v) is 87.1. The Morgan fingerprint density at radius 3 is 0.676 bits per heavy atom. The second-order valence-corrected chi connectivity index (χ2v) is 54.2. The van der Waals surface area contributed by atoms with Crippen molar-refractivity contribution in [2.45, 2.75) is 605 Å². The Balaban J connectivity index is 0.000000821. The van der Waals surface area contributed by atoms with Gasteiger partial charge in [-0.2, -0.15) is 0 Å². The number of hydrogen-bond acceptors (Lipinski definition) is 12. The Bertz CT molecular complexity index is 3520. The van der Waals surface area contributed by atoms with Crippen LogP contribution in [0.3, 0.4) is 0 Å². The fraction of sp³-hybridized carbons (Fsp3) is 0.953. The van der Waals surface area contributed by atoms with Crippen LogP contribution in [0.25, 0.3) is 0 Å². The van der Waals surface area contributed by atoms with Crippen molar-refractivity contribution >= 4 is 35.8 Å². The summed E-state index contributed by atoms with van der Waals surface area (Å²) in [5.74, 6) is 17.6. The van der Waals surface area contributed by atoms with Crippen molar-refractivity contribution < 1.29 is 57.2 Å².